The fourth-order valence-corrected chi connectivity index (χ4v) is 2.51. The van der Waals surface area contributed by atoms with E-state index in [4.69, 9.17) is 0 Å². The van der Waals surface area contributed by atoms with Gasteiger partial charge >= 0.3 is 0 Å². The zero-order valence-corrected chi connectivity index (χ0v) is 11.5. The van der Waals surface area contributed by atoms with Gasteiger partial charge < -0.3 is 4.90 Å². The van der Waals surface area contributed by atoms with Crippen LogP contribution in [0.15, 0.2) is 30.5 Å². The van der Waals surface area contributed by atoms with Crippen LogP contribution in [-0.4, -0.2) is 28.0 Å². The Bertz CT molecular complexity index is 703. The lowest BCUT2D eigenvalue weighted by atomic mass is 10.1. The Morgan fingerprint density at radius 2 is 2.00 bits per heavy atom. The maximum atomic E-state index is 12.1. The largest absolute Gasteiger partial charge is 0.304 e. The van der Waals surface area contributed by atoms with E-state index >= 15 is 0 Å². The number of amides is 1. The van der Waals surface area contributed by atoms with Crippen LogP contribution in [-0.2, 0) is 18.3 Å². The van der Waals surface area contributed by atoms with Crippen LogP contribution in [0.4, 0.5) is 5.69 Å². The van der Waals surface area contributed by atoms with E-state index < -0.39 is 11.7 Å². The van der Waals surface area contributed by atoms with Crippen molar-refractivity contribution in [1.29, 1.82) is 0 Å². The molecule has 2 aromatic rings. The van der Waals surface area contributed by atoms with E-state index in [1.165, 1.54) is 0 Å². The van der Waals surface area contributed by atoms with Gasteiger partial charge in [-0.15, -0.1) is 0 Å². The predicted octanol–water partition coefficient (Wildman–Crippen LogP) is 1.50. The summed E-state index contributed by atoms with van der Waals surface area (Å²) in [6, 6.07) is 7.45. The predicted molar refractivity (Wildman–Crippen MR) is 74.8 cm³/mol. The summed E-state index contributed by atoms with van der Waals surface area (Å²) in [6.45, 7) is 2.40. The van der Waals surface area contributed by atoms with E-state index in [2.05, 4.69) is 5.10 Å². The van der Waals surface area contributed by atoms with E-state index in [9.17, 15) is 9.59 Å². The minimum absolute atomic E-state index is 0.409. The fraction of sp³-hybridized carbons (Fsp3) is 0.267. The molecule has 2 heterocycles. The third-order valence-corrected chi connectivity index (χ3v) is 3.64. The van der Waals surface area contributed by atoms with E-state index in [0.29, 0.717) is 24.2 Å². The molecule has 0 unspecified atom stereocenters. The van der Waals surface area contributed by atoms with E-state index in [1.807, 2.05) is 32.2 Å². The molecule has 0 radical (unpaired) electrons. The van der Waals surface area contributed by atoms with Crippen LogP contribution >= 0.6 is 0 Å². The number of aryl methyl sites for hydroxylation is 2. The lowest BCUT2D eigenvalue weighted by Gasteiger charge is -2.16. The van der Waals surface area contributed by atoms with Crippen molar-refractivity contribution in [3.8, 4) is 0 Å². The Morgan fingerprint density at radius 1 is 1.20 bits per heavy atom. The lowest BCUT2D eigenvalue weighted by molar-refractivity contribution is -0.114. The summed E-state index contributed by atoms with van der Waals surface area (Å²) >= 11 is 0. The van der Waals surface area contributed by atoms with Crippen LogP contribution in [0.1, 0.15) is 21.6 Å². The van der Waals surface area contributed by atoms with Crippen molar-refractivity contribution in [3.05, 3.63) is 47.3 Å². The molecule has 1 aliphatic rings. The van der Waals surface area contributed by atoms with Gasteiger partial charge in [0.15, 0.2) is 0 Å². The number of ketones is 1. The number of carbonyl (C=O) groups excluding carboxylic acids is 2. The normalized spacial score (nSPS) is 14.0. The number of carbonyl (C=O) groups is 2. The van der Waals surface area contributed by atoms with Crippen molar-refractivity contribution in [2.24, 2.45) is 7.05 Å². The maximum Gasteiger partial charge on any atom is 0.299 e. The Labute approximate surface area is 116 Å². The fourth-order valence-electron chi connectivity index (χ4n) is 2.51. The van der Waals surface area contributed by atoms with Gasteiger partial charge in [0.1, 0.15) is 0 Å². The second-order valence-electron chi connectivity index (χ2n) is 5.00. The van der Waals surface area contributed by atoms with Crippen LogP contribution in [0.5, 0.6) is 0 Å². The second-order valence-corrected chi connectivity index (χ2v) is 5.00. The minimum atomic E-state index is -0.437. The average molecular weight is 269 g/mol. The number of rotatable bonds is 3. The first-order chi connectivity index (χ1) is 9.58. The number of hydrogen-bond acceptors (Lipinski definition) is 3. The maximum absolute atomic E-state index is 12.1. The Kier molecular flexibility index (Phi) is 2.89. The van der Waals surface area contributed by atoms with Gasteiger partial charge in [0.05, 0.1) is 11.3 Å². The zero-order valence-electron chi connectivity index (χ0n) is 11.5. The molecule has 1 aromatic carbocycles. The van der Waals surface area contributed by atoms with Gasteiger partial charge in [-0.1, -0.05) is 11.6 Å². The van der Waals surface area contributed by atoms with Crippen molar-refractivity contribution >= 4 is 17.4 Å². The van der Waals surface area contributed by atoms with Crippen LogP contribution in [0.2, 0.25) is 0 Å². The second kappa shape index (κ2) is 4.59. The summed E-state index contributed by atoms with van der Waals surface area (Å²) < 4.78 is 1.78. The zero-order chi connectivity index (χ0) is 14.3. The molecule has 5 nitrogen and oxygen atoms in total. The molecule has 0 fully saturated rings. The molecule has 1 aromatic heterocycles. The molecule has 0 saturated carbocycles. The van der Waals surface area contributed by atoms with Crippen molar-refractivity contribution in [3.63, 3.8) is 0 Å². The third-order valence-electron chi connectivity index (χ3n) is 3.64. The number of benzene rings is 1. The highest BCUT2D eigenvalue weighted by atomic mass is 16.2. The average Bonchev–Trinajstić information content (AvgIpc) is 2.93. The number of nitrogens with zero attached hydrogens (tertiary/aromatic N) is 3. The number of aromatic nitrogens is 2. The molecule has 102 valence electrons. The summed E-state index contributed by atoms with van der Waals surface area (Å²) in [5.41, 5.74) is 3.25. The molecular weight excluding hydrogens is 254 g/mol. The van der Waals surface area contributed by atoms with Crippen LogP contribution in [0, 0.1) is 6.92 Å². The molecule has 3 rings (SSSR count). The van der Waals surface area contributed by atoms with Crippen LogP contribution in [0.25, 0.3) is 0 Å². The molecule has 1 aliphatic heterocycles. The Balaban J connectivity index is 1.86. The number of hydrogen-bond donors (Lipinski definition) is 0. The highest BCUT2D eigenvalue weighted by Gasteiger charge is 2.35. The van der Waals surface area contributed by atoms with Crippen LogP contribution < -0.4 is 4.90 Å². The minimum Gasteiger partial charge on any atom is -0.304 e. The van der Waals surface area contributed by atoms with E-state index in [-0.39, 0.29) is 0 Å². The molecule has 0 bridgehead atoms. The highest BCUT2D eigenvalue weighted by Crippen LogP contribution is 2.29. The molecular formula is C15H15N3O2. The molecule has 0 saturated heterocycles. The smallest absolute Gasteiger partial charge is 0.299 e. The Hall–Kier alpha value is -2.43. The van der Waals surface area contributed by atoms with Gasteiger partial charge in [0.25, 0.3) is 11.7 Å². The topological polar surface area (TPSA) is 55.2 Å². The molecule has 0 spiro atoms. The monoisotopic (exact) mass is 269 g/mol. The summed E-state index contributed by atoms with van der Waals surface area (Å²) in [7, 11) is 1.86. The summed E-state index contributed by atoms with van der Waals surface area (Å²) in [5.74, 6) is -0.846. The van der Waals surface area contributed by atoms with E-state index in [0.717, 1.165) is 11.3 Å². The molecule has 0 aliphatic carbocycles. The lowest BCUT2D eigenvalue weighted by Crippen LogP contribution is -2.32. The molecule has 0 N–H and O–H groups in total. The number of Topliss-reactive ketones (excluding diaryl/α,β-unsaturated/α-hetero) is 1. The first kappa shape index (κ1) is 12.6. The van der Waals surface area contributed by atoms with Crippen molar-refractivity contribution < 1.29 is 9.59 Å². The highest BCUT2D eigenvalue weighted by molar-refractivity contribution is 6.52. The van der Waals surface area contributed by atoms with Gasteiger partial charge in [-0.2, -0.15) is 5.10 Å². The molecule has 1 amide bonds. The van der Waals surface area contributed by atoms with Gasteiger partial charge in [0.2, 0.25) is 0 Å². The van der Waals surface area contributed by atoms with Gasteiger partial charge in [-0.3, -0.25) is 14.3 Å². The quantitative estimate of drug-likeness (QED) is 0.793. The van der Waals surface area contributed by atoms with Gasteiger partial charge in [0, 0.05) is 31.9 Å². The Morgan fingerprint density at radius 3 is 2.70 bits per heavy atom. The third kappa shape index (κ3) is 1.91. The standard InChI is InChI=1S/C15H15N3O2/c1-10-3-4-13-12(9-10)14(19)15(20)18(13)8-6-11-5-7-16-17(11)2/h3-5,7,9H,6,8H2,1-2H3. The summed E-state index contributed by atoms with van der Waals surface area (Å²) in [5, 5.41) is 4.10. The van der Waals surface area contributed by atoms with Gasteiger partial charge in [-0.25, -0.2) is 0 Å². The van der Waals surface area contributed by atoms with Gasteiger partial charge in [-0.05, 0) is 25.1 Å². The van der Waals surface area contributed by atoms with E-state index in [1.54, 1.807) is 21.8 Å². The molecule has 20 heavy (non-hydrogen) atoms. The molecule has 5 heteroatoms. The van der Waals surface area contributed by atoms with Crippen molar-refractivity contribution in [2.45, 2.75) is 13.3 Å². The summed E-state index contributed by atoms with van der Waals surface area (Å²) in [6.07, 6.45) is 2.40. The number of anilines is 1. The summed E-state index contributed by atoms with van der Waals surface area (Å²) in [4.78, 5) is 25.6. The first-order valence-electron chi connectivity index (χ1n) is 6.51. The SMILES string of the molecule is Cc1ccc2c(c1)C(=O)C(=O)N2CCc1ccnn1C. The van der Waals surface area contributed by atoms with Crippen molar-refractivity contribution in [1.82, 2.24) is 9.78 Å². The van der Waals surface area contributed by atoms with Crippen LogP contribution in [0.3, 0.4) is 0 Å². The molecule has 0 atom stereocenters. The number of fused-ring (bicyclic) bond motifs is 1. The first-order valence-corrected chi connectivity index (χ1v) is 6.51. The van der Waals surface area contributed by atoms with Crippen molar-refractivity contribution in [2.75, 3.05) is 11.4 Å².